The fourth-order valence-electron chi connectivity index (χ4n) is 2.73. The molecule has 0 spiro atoms. The second kappa shape index (κ2) is 7.70. The number of carboxylic acids is 1. The highest BCUT2D eigenvalue weighted by atomic mass is 16.4. The number of carbonyl (C=O) groups is 1. The zero-order valence-corrected chi connectivity index (χ0v) is 11.2. The van der Waals surface area contributed by atoms with Crippen LogP contribution in [0, 0.1) is 17.8 Å². The SMILES string of the molecule is CC(C)C1CCC(CNCCCC(=O)O)CC1. The van der Waals surface area contributed by atoms with Crippen LogP contribution in [0.4, 0.5) is 0 Å². The van der Waals surface area contributed by atoms with Crippen molar-refractivity contribution in [3.8, 4) is 0 Å². The molecule has 3 nitrogen and oxygen atoms in total. The summed E-state index contributed by atoms with van der Waals surface area (Å²) >= 11 is 0. The maximum absolute atomic E-state index is 10.3. The van der Waals surface area contributed by atoms with Crippen molar-refractivity contribution in [3.63, 3.8) is 0 Å². The molecule has 1 aliphatic rings. The molecule has 17 heavy (non-hydrogen) atoms. The van der Waals surface area contributed by atoms with E-state index in [9.17, 15) is 4.79 Å². The summed E-state index contributed by atoms with van der Waals surface area (Å²) in [4.78, 5) is 10.3. The standard InChI is InChI=1S/C14H27NO2/c1-11(2)13-7-5-12(6-8-13)10-15-9-3-4-14(16)17/h11-13,15H,3-10H2,1-2H3,(H,16,17). The third-order valence-electron chi connectivity index (χ3n) is 4.01. The first-order valence-corrected chi connectivity index (χ1v) is 7.02. The van der Waals surface area contributed by atoms with Crippen LogP contribution in [0.15, 0.2) is 0 Å². The molecule has 1 rings (SSSR count). The van der Waals surface area contributed by atoms with E-state index < -0.39 is 5.97 Å². The predicted octanol–water partition coefficient (Wildman–Crippen LogP) is 2.90. The Morgan fingerprint density at radius 3 is 2.47 bits per heavy atom. The number of aliphatic carboxylic acids is 1. The summed E-state index contributed by atoms with van der Waals surface area (Å²) in [5, 5.41) is 11.9. The molecule has 0 amide bonds. The molecule has 0 aromatic heterocycles. The van der Waals surface area contributed by atoms with Crippen molar-refractivity contribution in [2.45, 2.75) is 52.4 Å². The molecule has 0 bridgehead atoms. The van der Waals surface area contributed by atoms with E-state index in [2.05, 4.69) is 19.2 Å². The van der Waals surface area contributed by atoms with E-state index in [0.717, 1.165) is 37.3 Å². The van der Waals surface area contributed by atoms with Crippen molar-refractivity contribution in [2.75, 3.05) is 13.1 Å². The minimum Gasteiger partial charge on any atom is -0.481 e. The van der Waals surface area contributed by atoms with Crippen LogP contribution in [0.5, 0.6) is 0 Å². The molecular formula is C14H27NO2. The lowest BCUT2D eigenvalue weighted by Gasteiger charge is -2.31. The smallest absolute Gasteiger partial charge is 0.303 e. The Morgan fingerprint density at radius 2 is 1.94 bits per heavy atom. The zero-order valence-electron chi connectivity index (χ0n) is 11.2. The van der Waals surface area contributed by atoms with Crippen molar-refractivity contribution in [2.24, 2.45) is 17.8 Å². The van der Waals surface area contributed by atoms with E-state index in [4.69, 9.17) is 5.11 Å². The Hall–Kier alpha value is -0.570. The van der Waals surface area contributed by atoms with Crippen LogP contribution >= 0.6 is 0 Å². The van der Waals surface area contributed by atoms with Crippen LogP contribution in [0.2, 0.25) is 0 Å². The molecule has 1 fully saturated rings. The van der Waals surface area contributed by atoms with E-state index in [-0.39, 0.29) is 6.42 Å². The molecular weight excluding hydrogens is 214 g/mol. The highest BCUT2D eigenvalue weighted by Gasteiger charge is 2.22. The van der Waals surface area contributed by atoms with Crippen LogP contribution in [0.3, 0.4) is 0 Å². The van der Waals surface area contributed by atoms with Gasteiger partial charge in [-0.25, -0.2) is 0 Å². The van der Waals surface area contributed by atoms with Crippen molar-refractivity contribution < 1.29 is 9.90 Å². The molecule has 100 valence electrons. The van der Waals surface area contributed by atoms with Crippen molar-refractivity contribution in [1.29, 1.82) is 0 Å². The summed E-state index contributed by atoms with van der Waals surface area (Å²) in [6.07, 6.45) is 6.46. The van der Waals surface area contributed by atoms with E-state index in [1.807, 2.05) is 0 Å². The first-order chi connectivity index (χ1) is 8.09. The molecule has 0 unspecified atom stereocenters. The van der Waals surface area contributed by atoms with Crippen molar-refractivity contribution in [1.82, 2.24) is 5.32 Å². The molecule has 3 heteroatoms. The van der Waals surface area contributed by atoms with Gasteiger partial charge in [-0.1, -0.05) is 13.8 Å². The Bertz CT molecular complexity index is 220. The summed E-state index contributed by atoms with van der Waals surface area (Å²) in [5.41, 5.74) is 0. The fraction of sp³-hybridized carbons (Fsp3) is 0.929. The second-order valence-corrected chi connectivity index (χ2v) is 5.73. The van der Waals surface area contributed by atoms with Gasteiger partial charge in [-0.2, -0.15) is 0 Å². The molecule has 0 aromatic rings. The molecule has 0 radical (unpaired) electrons. The molecule has 0 saturated heterocycles. The van der Waals surface area contributed by atoms with Gasteiger partial charge in [0.2, 0.25) is 0 Å². The lowest BCUT2D eigenvalue weighted by atomic mass is 9.77. The topological polar surface area (TPSA) is 49.3 Å². The minimum atomic E-state index is -0.691. The number of carboxylic acid groups (broad SMARTS) is 1. The molecule has 0 atom stereocenters. The highest BCUT2D eigenvalue weighted by Crippen LogP contribution is 2.32. The van der Waals surface area contributed by atoms with Gasteiger partial charge >= 0.3 is 5.97 Å². The number of hydrogen-bond donors (Lipinski definition) is 2. The summed E-state index contributed by atoms with van der Waals surface area (Å²) < 4.78 is 0. The Labute approximate surface area is 105 Å². The highest BCUT2D eigenvalue weighted by molar-refractivity contribution is 5.66. The third-order valence-corrected chi connectivity index (χ3v) is 4.01. The maximum atomic E-state index is 10.3. The molecule has 0 heterocycles. The molecule has 1 aliphatic carbocycles. The largest absolute Gasteiger partial charge is 0.481 e. The van der Waals surface area contributed by atoms with E-state index in [0.29, 0.717) is 0 Å². The summed E-state index contributed by atoms with van der Waals surface area (Å²) in [6.45, 7) is 6.57. The first-order valence-electron chi connectivity index (χ1n) is 7.02. The average Bonchev–Trinajstić information content (AvgIpc) is 2.29. The summed E-state index contributed by atoms with van der Waals surface area (Å²) in [7, 11) is 0. The van der Waals surface area contributed by atoms with Gasteiger partial charge in [-0.3, -0.25) is 4.79 Å². The molecule has 1 saturated carbocycles. The number of hydrogen-bond acceptors (Lipinski definition) is 2. The van der Waals surface area contributed by atoms with Gasteiger partial charge in [0.1, 0.15) is 0 Å². The first kappa shape index (κ1) is 14.5. The maximum Gasteiger partial charge on any atom is 0.303 e. The Morgan fingerprint density at radius 1 is 1.29 bits per heavy atom. The van der Waals surface area contributed by atoms with E-state index >= 15 is 0 Å². The average molecular weight is 241 g/mol. The molecule has 2 N–H and O–H groups in total. The van der Waals surface area contributed by atoms with Crippen molar-refractivity contribution in [3.05, 3.63) is 0 Å². The van der Waals surface area contributed by atoms with E-state index in [1.54, 1.807) is 0 Å². The summed E-state index contributed by atoms with van der Waals surface area (Å²) in [5.74, 6) is 1.89. The number of rotatable bonds is 7. The van der Waals surface area contributed by atoms with Crippen LogP contribution in [-0.4, -0.2) is 24.2 Å². The van der Waals surface area contributed by atoms with Gasteiger partial charge in [-0.15, -0.1) is 0 Å². The third kappa shape index (κ3) is 6.06. The van der Waals surface area contributed by atoms with Gasteiger partial charge in [-0.05, 0) is 62.9 Å². The van der Waals surface area contributed by atoms with Crippen LogP contribution in [-0.2, 0) is 4.79 Å². The Balaban J connectivity index is 2.01. The van der Waals surface area contributed by atoms with Gasteiger partial charge in [0.15, 0.2) is 0 Å². The fourth-order valence-corrected chi connectivity index (χ4v) is 2.73. The monoisotopic (exact) mass is 241 g/mol. The lowest BCUT2D eigenvalue weighted by molar-refractivity contribution is -0.137. The van der Waals surface area contributed by atoms with E-state index in [1.165, 1.54) is 25.7 Å². The minimum absolute atomic E-state index is 0.285. The summed E-state index contributed by atoms with van der Waals surface area (Å²) in [6, 6.07) is 0. The molecule has 0 aromatic carbocycles. The van der Waals surface area contributed by atoms with Crippen molar-refractivity contribution >= 4 is 5.97 Å². The molecule has 0 aliphatic heterocycles. The lowest BCUT2D eigenvalue weighted by Crippen LogP contribution is -2.28. The van der Waals surface area contributed by atoms with Crippen LogP contribution in [0.1, 0.15) is 52.4 Å². The number of nitrogens with one attached hydrogen (secondary N) is 1. The van der Waals surface area contributed by atoms with Crippen LogP contribution < -0.4 is 5.32 Å². The van der Waals surface area contributed by atoms with Gasteiger partial charge < -0.3 is 10.4 Å². The zero-order chi connectivity index (χ0) is 12.7. The quantitative estimate of drug-likeness (QED) is 0.674. The Kier molecular flexibility index (Phi) is 6.56. The predicted molar refractivity (Wildman–Crippen MR) is 70.0 cm³/mol. The van der Waals surface area contributed by atoms with Gasteiger partial charge in [0, 0.05) is 6.42 Å². The van der Waals surface area contributed by atoms with Gasteiger partial charge in [0.05, 0.1) is 0 Å². The van der Waals surface area contributed by atoms with Gasteiger partial charge in [0.25, 0.3) is 0 Å². The van der Waals surface area contributed by atoms with Crippen LogP contribution in [0.25, 0.3) is 0 Å². The normalized spacial score (nSPS) is 25.1. The second-order valence-electron chi connectivity index (χ2n) is 5.73.